The van der Waals surface area contributed by atoms with Crippen molar-refractivity contribution in [3.05, 3.63) is 77.9 Å². The van der Waals surface area contributed by atoms with Crippen molar-refractivity contribution in [3.63, 3.8) is 0 Å². The van der Waals surface area contributed by atoms with Crippen LogP contribution in [-0.2, 0) is 6.42 Å². The van der Waals surface area contributed by atoms with Crippen LogP contribution in [0.2, 0.25) is 0 Å². The molecule has 0 spiro atoms. The van der Waals surface area contributed by atoms with Crippen molar-refractivity contribution in [2.24, 2.45) is 0 Å². The van der Waals surface area contributed by atoms with Gasteiger partial charge in [-0.3, -0.25) is 4.79 Å². The minimum atomic E-state index is 0.00174. The summed E-state index contributed by atoms with van der Waals surface area (Å²) < 4.78 is 5.93. The lowest BCUT2D eigenvalue weighted by molar-refractivity contribution is 0.0954. The van der Waals surface area contributed by atoms with E-state index in [1.807, 2.05) is 54.6 Å². The summed E-state index contributed by atoms with van der Waals surface area (Å²) in [6.45, 7) is 2.48. The van der Waals surface area contributed by atoms with E-state index in [1.165, 1.54) is 5.56 Å². The van der Waals surface area contributed by atoms with Crippen molar-refractivity contribution < 1.29 is 9.53 Å². The van der Waals surface area contributed by atoms with Gasteiger partial charge in [-0.25, -0.2) is 0 Å². The van der Waals surface area contributed by atoms with Gasteiger partial charge in [-0.1, -0.05) is 54.6 Å². The van der Waals surface area contributed by atoms with Gasteiger partial charge in [-0.2, -0.15) is 0 Å². The predicted molar refractivity (Wildman–Crippen MR) is 113 cm³/mol. The van der Waals surface area contributed by atoms with Crippen LogP contribution in [0.15, 0.2) is 66.7 Å². The number of hydrogen-bond acceptors (Lipinski definition) is 3. The normalized spacial score (nSPS) is 15.2. The fourth-order valence-electron chi connectivity index (χ4n) is 3.73. The van der Waals surface area contributed by atoms with Crippen LogP contribution in [0.3, 0.4) is 0 Å². The smallest absolute Gasteiger partial charge is 0.251 e. The second-order valence-corrected chi connectivity index (χ2v) is 7.25. The van der Waals surface area contributed by atoms with E-state index in [0.29, 0.717) is 6.54 Å². The van der Waals surface area contributed by atoms with E-state index in [1.54, 1.807) is 0 Å². The summed E-state index contributed by atoms with van der Waals surface area (Å²) in [5, 5.41) is 8.61. The molecule has 2 N–H and O–H groups in total. The van der Waals surface area contributed by atoms with Crippen molar-refractivity contribution in [2.75, 3.05) is 19.6 Å². The zero-order chi connectivity index (χ0) is 19.2. The number of rotatable bonds is 8. The Morgan fingerprint density at radius 3 is 2.64 bits per heavy atom. The SMILES string of the molecule is O=C(NCCCCNCC1Cc2ccccc2O1)c1cccc2ccccc12. The third-order valence-electron chi connectivity index (χ3n) is 5.19. The molecule has 0 aliphatic carbocycles. The lowest BCUT2D eigenvalue weighted by atomic mass is 10.0. The number of ether oxygens (including phenoxy) is 1. The molecule has 4 rings (SSSR count). The lowest BCUT2D eigenvalue weighted by Gasteiger charge is -2.12. The zero-order valence-corrected chi connectivity index (χ0v) is 16.0. The third kappa shape index (κ3) is 4.34. The minimum Gasteiger partial charge on any atom is -0.488 e. The highest BCUT2D eigenvalue weighted by Crippen LogP contribution is 2.27. The first-order valence-corrected chi connectivity index (χ1v) is 10.0. The topological polar surface area (TPSA) is 50.4 Å². The number of amides is 1. The fraction of sp³-hybridized carbons (Fsp3) is 0.292. The van der Waals surface area contributed by atoms with Gasteiger partial charge < -0.3 is 15.4 Å². The van der Waals surface area contributed by atoms with Crippen molar-refractivity contribution in [1.82, 2.24) is 10.6 Å². The number of benzene rings is 3. The summed E-state index contributed by atoms with van der Waals surface area (Å²) in [7, 11) is 0. The van der Waals surface area contributed by atoms with Crippen LogP contribution in [0.25, 0.3) is 10.8 Å². The molecule has 28 heavy (non-hydrogen) atoms. The van der Waals surface area contributed by atoms with E-state index in [2.05, 4.69) is 22.8 Å². The largest absolute Gasteiger partial charge is 0.488 e. The first-order chi connectivity index (χ1) is 13.8. The van der Waals surface area contributed by atoms with Crippen LogP contribution in [0, 0.1) is 0 Å². The summed E-state index contributed by atoms with van der Waals surface area (Å²) in [4.78, 5) is 12.5. The molecule has 0 radical (unpaired) electrons. The Bertz CT molecular complexity index is 924. The van der Waals surface area contributed by atoms with Gasteiger partial charge >= 0.3 is 0 Å². The standard InChI is InChI=1S/C24H26N2O2/c27-24(22-12-7-10-18-8-1-3-11-21(18)22)26-15-6-5-14-25-17-20-16-19-9-2-4-13-23(19)28-20/h1-4,7-13,20,25H,5-6,14-17H2,(H,26,27). The third-order valence-corrected chi connectivity index (χ3v) is 5.19. The minimum absolute atomic E-state index is 0.00174. The van der Waals surface area contributed by atoms with Gasteiger partial charge in [0, 0.05) is 25.1 Å². The van der Waals surface area contributed by atoms with E-state index in [0.717, 1.165) is 54.4 Å². The maximum absolute atomic E-state index is 12.5. The molecule has 1 heterocycles. The monoisotopic (exact) mass is 374 g/mol. The highest BCUT2D eigenvalue weighted by molar-refractivity contribution is 6.06. The number of carbonyl (C=O) groups excluding carboxylic acids is 1. The Balaban J connectivity index is 1.13. The van der Waals surface area contributed by atoms with Crippen LogP contribution in [0.1, 0.15) is 28.8 Å². The molecular weight excluding hydrogens is 348 g/mol. The van der Waals surface area contributed by atoms with Crippen LogP contribution in [0.5, 0.6) is 5.75 Å². The Kier molecular flexibility index (Phi) is 5.88. The zero-order valence-electron chi connectivity index (χ0n) is 16.0. The molecular formula is C24H26N2O2. The molecule has 0 fully saturated rings. The molecule has 1 amide bonds. The predicted octanol–water partition coefficient (Wildman–Crippen LogP) is 3.94. The molecule has 4 heteroatoms. The van der Waals surface area contributed by atoms with Crippen LogP contribution in [-0.4, -0.2) is 31.6 Å². The van der Waals surface area contributed by atoms with E-state index in [9.17, 15) is 4.79 Å². The summed E-state index contributed by atoms with van der Waals surface area (Å²) in [5.74, 6) is 1.02. The molecule has 144 valence electrons. The van der Waals surface area contributed by atoms with Crippen molar-refractivity contribution in [3.8, 4) is 5.75 Å². The molecule has 0 bridgehead atoms. The molecule has 0 saturated carbocycles. The van der Waals surface area contributed by atoms with Crippen molar-refractivity contribution in [2.45, 2.75) is 25.4 Å². The molecule has 1 aliphatic heterocycles. The highest BCUT2D eigenvalue weighted by atomic mass is 16.5. The van der Waals surface area contributed by atoms with Crippen LogP contribution < -0.4 is 15.4 Å². The van der Waals surface area contributed by atoms with Crippen molar-refractivity contribution >= 4 is 16.7 Å². The second kappa shape index (κ2) is 8.89. The Labute approximate surface area is 165 Å². The maximum Gasteiger partial charge on any atom is 0.251 e. The van der Waals surface area contributed by atoms with Gasteiger partial charge in [0.05, 0.1) is 0 Å². The molecule has 0 aromatic heterocycles. The molecule has 1 unspecified atom stereocenters. The number of fused-ring (bicyclic) bond motifs is 2. The summed E-state index contributed by atoms with van der Waals surface area (Å²) >= 11 is 0. The summed E-state index contributed by atoms with van der Waals surface area (Å²) in [6.07, 6.45) is 3.18. The number of carbonyl (C=O) groups is 1. The number of hydrogen-bond donors (Lipinski definition) is 2. The Morgan fingerprint density at radius 1 is 0.929 bits per heavy atom. The lowest BCUT2D eigenvalue weighted by Crippen LogP contribution is -2.31. The maximum atomic E-state index is 12.5. The van der Waals surface area contributed by atoms with Crippen LogP contribution in [0.4, 0.5) is 0 Å². The van der Waals surface area contributed by atoms with E-state index in [4.69, 9.17) is 4.74 Å². The summed E-state index contributed by atoms with van der Waals surface area (Å²) in [5.41, 5.74) is 2.04. The Morgan fingerprint density at radius 2 is 1.71 bits per heavy atom. The van der Waals surface area contributed by atoms with Gasteiger partial charge in [0.15, 0.2) is 0 Å². The molecule has 1 aliphatic rings. The van der Waals surface area contributed by atoms with E-state index in [-0.39, 0.29) is 12.0 Å². The number of unbranched alkanes of at least 4 members (excludes halogenated alkanes) is 1. The molecule has 3 aromatic carbocycles. The second-order valence-electron chi connectivity index (χ2n) is 7.25. The highest BCUT2D eigenvalue weighted by Gasteiger charge is 2.21. The van der Waals surface area contributed by atoms with Gasteiger partial charge in [0.2, 0.25) is 0 Å². The summed E-state index contributed by atoms with van der Waals surface area (Å²) in [6, 6.07) is 22.1. The van der Waals surface area contributed by atoms with Gasteiger partial charge in [-0.05, 0) is 47.9 Å². The number of para-hydroxylation sites is 1. The quantitative estimate of drug-likeness (QED) is 0.587. The number of nitrogens with one attached hydrogen (secondary N) is 2. The van der Waals surface area contributed by atoms with Gasteiger partial charge in [0.25, 0.3) is 5.91 Å². The van der Waals surface area contributed by atoms with Gasteiger partial charge in [0.1, 0.15) is 11.9 Å². The van der Waals surface area contributed by atoms with E-state index < -0.39 is 0 Å². The van der Waals surface area contributed by atoms with Crippen molar-refractivity contribution in [1.29, 1.82) is 0 Å². The molecule has 1 atom stereocenters. The molecule has 4 nitrogen and oxygen atoms in total. The van der Waals surface area contributed by atoms with Crippen LogP contribution >= 0.6 is 0 Å². The van der Waals surface area contributed by atoms with E-state index >= 15 is 0 Å². The Hall–Kier alpha value is -2.85. The molecule has 3 aromatic rings. The average molecular weight is 374 g/mol. The van der Waals surface area contributed by atoms with Gasteiger partial charge in [-0.15, -0.1) is 0 Å². The molecule has 0 saturated heterocycles. The first-order valence-electron chi connectivity index (χ1n) is 10.0. The fourth-order valence-corrected chi connectivity index (χ4v) is 3.73. The average Bonchev–Trinajstić information content (AvgIpc) is 3.15. The first kappa shape index (κ1) is 18.5.